The Morgan fingerprint density at radius 3 is 2.17 bits per heavy atom. The van der Waals surface area contributed by atoms with Crippen LogP contribution in [0.3, 0.4) is 0 Å². The van der Waals surface area contributed by atoms with Crippen molar-refractivity contribution in [2.45, 2.75) is 33.7 Å². The van der Waals surface area contributed by atoms with Gasteiger partial charge in [-0.3, -0.25) is 0 Å². The third-order valence-corrected chi connectivity index (χ3v) is 1.81. The van der Waals surface area contributed by atoms with Crippen LogP contribution in [0.2, 0.25) is 0 Å². The van der Waals surface area contributed by atoms with Crippen LogP contribution in [0.25, 0.3) is 0 Å². The SMILES string of the molecule is CCNC(C)CN(C)CC(C)C. The molecule has 0 saturated carbocycles. The predicted octanol–water partition coefficient (Wildman–Crippen LogP) is 1.57. The van der Waals surface area contributed by atoms with Gasteiger partial charge in [-0.1, -0.05) is 20.8 Å². The summed E-state index contributed by atoms with van der Waals surface area (Å²) >= 11 is 0. The highest BCUT2D eigenvalue weighted by atomic mass is 15.1. The maximum absolute atomic E-state index is 3.41. The van der Waals surface area contributed by atoms with Gasteiger partial charge in [0.05, 0.1) is 0 Å². The number of hydrogen-bond donors (Lipinski definition) is 1. The van der Waals surface area contributed by atoms with Crippen molar-refractivity contribution in [3.63, 3.8) is 0 Å². The molecule has 0 radical (unpaired) electrons. The largest absolute Gasteiger partial charge is 0.313 e. The second-order valence-corrected chi connectivity index (χ2v) is 4.07. The van der Waals surface area contributed by atoms with Crippen molar-refractivity contribution in [1.29, 1.82) is 0 Å². The van der Waals surface area contributed by atoms with E-state index >= 15 is 0 Å². The van der Waals surface area contributed by atoms with E-state index in [1.807, 2.05) is 0 Å². The zero-order valence-electron chi connectivity index (χ0n) is 9.22. The van der Waals surface area contributed by atoms with E-state index in [0.717, 1.165) is 19.0 Å². The number of rotatable bonds is 6. The topological polar surface area (TPSA) is 15.3 Å². The Hall–Kier alpha value is -0.0800. The Balaban J connectivity index is 3.46. The third kappa shape index (κ3) is 6.62. The van der Waals surface area contributed by atoms with E-state index in [-0.39, 0.29) is 0 Å². The van der Waals surface area contributed by atoms with Gasteiger partial charge >= 0.3 is 0 Å². The van der Waals surface area contributed by atoms with Crippen LogP contribution in [0.5, 0.6) is 0 Å². The van der Waals surface area contributed by atoms with Crippen molar-refractivity contribution < 1.29 is 0 Å². The van der Waals surface area contributed by atoms with Crippen LogP contribution in [0.4, 0.5) is 0 Å². The molecule has 0 aliphatic rings. The first-order chi connectivity index (χ1) is 5.56. The average molecular weight is 172 g/mol. The standard InChI is InChI=1S/C10H24N2/c1-6-11-10(4)8-12(5)7-9(2)3/h9-11H,6-8H2,1-5H3. The molecule has 1 N–H and O–H groups in total. The monoisotopic (exact) mass is 172 g/mol. The second kappa shape index (κ2) is 6.44. The smallest absolute Gasteiger partial charge is 0.0166 e. The summed E-state index contributed by atoms with van der Waals surface area (Å²) in [7, 11) is 2.19. The van der Waals surface area contributed by atoms with Gasteiger partial charge in [-0.05, 0) is 26.4 Å². The van der Waals surface area contributed by atoms with E-state index in [9.17, 15) is 0 Å². The summed E-state index contributed by atoms with van der Waals surface area (Å²) in [5, 5.41) is 3.41. The molecule has 0 aromatic rings. The Morgan fingerprint density at radius 2 is 1.75 bits per heavy atom. The number of hydrogen-bond acceptors (Lipinski definition) is 2. The average Bonchev–Trinajstić information content (AvgIpc) is 1.84. The highest BCUT2D eigenvalue weighted by Crippen LogP contribution is 1.96. The molecule has 0 bridgehead atoms. The molecule has 0 aromatic heterocycles. The van der Waals surface area contributed by atoms with Crippen LogP contribution in [0, 0.1) is 5.92 Å². The summed E-state index contributed by atoms with van der Waals surface area (Å²) in [4.78, 5) is 2.39. The normalized spacial score (nSPS) is 14.2. The quantitative estimate of drug-likeness (QED) is 0.654. The van der Waals surface area contributed by atoms with Crippen molar-refractivity contribution in [2.75, 3.05) is 26.7 Å². The predicted molar refractivity (Wildman–Crippen MR) is 55.5 cm³/mol. The Labute approximate surface area is 77.3 Å². The van der Waals surface area contributed by atoms with E-state index in [0.29, 0.717) is 6.04 Å². The first kappa shape index (κ1) is 11.9. The van der Waals surface area contributed by atoms with Gasteiger partial charge in [-0.2, -0.15) is 0 Å². The Bertz CT molecular complexity index is 102. The zero-order valence-corrected chi connectivity index (χ0v) is 9.22. The molecule has 0 amide bonds. The molecule has 1 unspecified atom stereocenters. The van der Waals surface area contributed by atoms with Crippen LogP contribution in [-0.4, -0.2) is 37.6 Å². The molecule has 74 valence electrons. The molecule has 2 heteroatoms. The maximum atomic E-state index is 3.41. The van der Waals surface area contributed by atoms with Crippen molar-refractivity contribution >= 4 is 0 Å². The van der Waals surface area contributed by atoms with Crippen LogP contribution in [-0.2, 0) is 0 Å². The fourth-order valence-electron chi connectivity index (χ4n) is 1.58. The Kier molecular flexibility index (Phi) is 6.39. The van der Waals surface area contributed by atoms with Gasteiger partial charge in [0.15, 0.2) is 0 Å². The molecule has 0 aromatic carbocycles. The molecule has 0 aliphatic heterocycles. The van der Waals surface area contributed by atoms with Gasteiger partial charge in [0.25, 0.3) is 0 Å². The Morgan fingerprint density at radius 1 is 1.17 bits per heavy atom. The summed E-state index contributed by atoms with van der Waals surface area (Å²) in [5.74, 6) is 0.767. The lowest BCUT2D eigenvalue weighted by atomic mass is 10.2. The fourth-order valence-corrected chi connectivity index (χ4v) is 1.58. The molecule has 0 fully saturated rings. The maximum Gasteiger partial charge on any atom is 0.0166 e. The lowest BCUT2D eigenvalue weighted by molar-refractivity contribution is 0.269. The lowest BCUT2D eigenvalue weighted by Gasteiger charge is -2.23. The summed E-state index contributed by atoms with van der Waals surface area (Å²) in [6, 6.07) is 0.610. The zero-order chi connectivity index (χ0) is 9.56. The number of nitrogens with zero attached hydrogens (tertiary/aromatic N) is 1. The first-order valence-electron chi connectivity index (χ1n) is 4.98. The van der Waals surface area contributed by atoms with Crippen molar-refractivity contribution in [2.24, 2.45) is 5.92 Å². The van der Waals surface area contributed by atoms with Gasteiger partial charge in [0, 0.05) is 19.1 Å². The van der Waals surface area contributed by atoms with Crippen LogP contribution < -0.4 is 5.32 Å². The molecule has 0 spiro atoms. The molecule has 1 atom stereocenters. The summed E-state index contributed by atoms with van der Waals surface area (Å²) in [5.41, 5.74) is 0. The fraction of sp³-hybridized carbons (Fsp3) is 1.00. The summed E-state index contributed by atoms with van der Waals surface area (Å²) < 4.78 is 0. The minimum Gasteiger partial charge on any atom is -0.313 e. The second-order valence-electron chi connectivity index (χ2n) is 4.07. The van der Waals surface area contributed by atoms with E-state index in [1.54, 1.807) is 0 Å². The van der Waals surface area contributed by atoms with Crippen LogP contribution >= 0.6 is 0 Å². The van der Waals surface area contributed by atoms with Crippen molar-refractivity contribution in [1.82, 2.24) is 10.2 Å². The van der Waals surface area contributed by atoms with Gasteiger partial charge < -0.3 is 10.2 Å². The molecule has 0 saturated heterocycles. The third-order valence-electron chi connectivity index (χ3n) is 1.81. The van der Waals surface area contributed by atoms with E-state index in [4.69, 9.17) is 0 Å². The summed E-state index contributed by atoms with van der Waals surface area (Å²) in [6.07, 6.45) is 0. The molecule has 0 rings (SSSR count). The summed E-state index contributed by atoms with van der Waals surface area (Å²) in [6.45, 7) is 12.3. The molecule has 12 heavy (non-hydrogen) atoms. The minimum absolute atomic E-state index is 0.610. The van der Waals surface area contributed by atoms with Crippen molar-refractivity contribution in [3.05, 3.63) is 0 Å². The van der Waals surface area contributed by atoms with Gasteiger partial charge in [-0.15, -0.1) is 0 Å². The molecule has 0 heterocycles. The lowest BCUT2D eigenvalue weighted by Crippen LogP contribution is -2.38. The molecular formula is C10H24N2. The number of likely N-dealkylation sites (N-methyl/N-ethyl adjacent to an activating group) is 2. The highest BCUT2D eigenvalue weighted by molar-refractivity contribution is 4.64. The minimum atomic E-state index is 0.610. The van der Waals surface area contributed by atoms with Gasteiger partial charge in [-0.25, -0.2) is 0 Å². The number of nitrogens with one attached hydrogen (secondary N) is 1. The van der Waals surface area contributed by atoms with Crippen LogP contribution in [0.15, 0.2) is 0 Å². The van der Waals surface area contributed by atoms with E-state index < -0.39 is 0 Å². The molecular weight excluding hydrogens is 148 g/mol. The van der Waals surface area contributed by atoms with E-state index in [1.165, 1.54) is 6.54 Å². The highest BCUT2D eigenvalue weighted by Gasteiger charge is 2.05. The van der Waals surface area contributed by atoms with Crippen LogP contribution in [0.1, 0.15) is 27.7 Å². The molecule has 0 aliphatic carbocycles. The van der Waals surface area contributed by atoms with Crippen molar-refractivity contribution in [3.8, 4) is 0 Å². The first-order valence-corrected chi connectivity index (χ1v) is 4.98. The van der Waals surface area contributed by atoms with Gasteiger partial charge in [0.1, 0.15) is 0 Å². The van der Waals surface area contributed by atoms with Gasteiger partial charge in [0.2, 0.25) is 0 Å². The van der Waals surface area contributed by atoms with E-state index in [2.05, 4.69) is 45.0 Å². The molecule has 2 nitrogen and oxygen atoms in total.